The first-order valence-corrected chi connectivity index (χ1v) is 6.81. The summed E-state index contributed by atoms with van der Waals surface area (Å²) in [7, 11) is 0. The Morgan fingerprint density at radius 3 is 1.61 bits per heavy atom. The third kappa shape index (κ3) is 15.8. The van der Waals surface area contributed by atoms with E-state index < -0.39 is 0 Å². The van der Waals surface area contributed by atoms with Gasteiger partial charge in [-0.2, -0.15) is 0 Å². The van der Waals surface area contributed by atoms with E-state index in [1.54, 1.807) is 0 Å². The second-order valence-corrected chi connectivity index (χ2v) is 4.25. The lowest BCUT2D eigenvalue weighted by Gasteiger charge is -2.09. The largest absolute Gasteiger partial charge is 0.379 e. The molecule has 18 heavy (non-hydrogen) atoms. The fraction of sp³-hybridized carbons (Fsp3) is 1.00. The minimum absolute atomic E-state index is 0.453. The van der Waals surface area contributed by atoms with Gasteiger partial charge in [-0.15, -0.1) is 0 Å². The first-order valence-electron chi connectivity index (χ1n) is 6.81. The van der Waals surface area contributed by atoms with E-state index in [1.165, 1.54) is 0 Å². The molecule has 0 saturated heterocycles. The van der Waals surface area contributed by atoms with Crippen LogP contribution in [0.25, 0.3) is 0 Å². The number of nitrogens with one attached hydrogen (secondary N) is 1. The van der Waals surface area contributed by atoms with Crippen LogP contribution in [0.2, 0.25) is 0 Å². The van der Waals surface area contributed by atoms with Crippen LogP contribution in [-0.2, 0) is 18.9 Å². The van der Waals surface area contributed by atoms with E-state index in [9.17, 15) is 0 Å². The van der Waals surface area contributed by atoms with Crippen molar-refractivity contribution in [1.29, 1.82) is 0 Å². The minimum atomic E-state index is 0.453. The van der Waals surface area contributed by atoms with Gasteiger partial charge in [0.15, 0.2) is 0 Å². The quantitative estimate of drug-likeness (QED) is 0.379. The highest BCUT2D eigenvalue weighted by atomic mass is 16.6. The predicted octanol–water partition coefficient (Wildman–Crippen LogP) is 1.42. The molecule has 0 spiro atoms. The van der Waals surface area contributed by atoms with Crippen LogP contribution in [0.15, 0.2) is 0 Å². The fourth-order valence-electron chi connectivity index (χ4n) is 1.10. The van der Waals surface area contributed by atoms with Crippen LogP contribution in [0.3, 0.4) is 0 Å². The standard InChI is InChI=1S/C13H29NO4/c1-4-5-15-6-7-16-8-9-17-10-11-18-12-14-13(2)3/h13-14H,4-12H2,1-3H3. The maximum atomic E-state index is 5.35. The molecule has 0 unspecified atom stereocenters. The average Bonchev–Trinajstić information content (AvgIpc) is 2.34. The van der Waals surface area contributed by atoms with Crippen molar-refractivity contribution in [3.63, 3.8) is 0 Å². The summed E-state index contributed by atoms with van der Waals surface area (Å²) in [5.41, 5.74) is 0. The van der Waals surface area contributed by atoms with Gasteiger partial charge in [-0.05, 0) is 20.3 Å². The summed E-state index contributed by atoms with van der Waals surface area (Å²) in [5.74, 6) is 0. The Morgan fingerprint density at radius 1 is 0.722 bits per heavy atom. The highest BCUT2D eigenvalue weighted by molar-refractivity contribution is 4.45. The first kappa shape index (κ1) is 17.8. The molecule has 0 saturated carbocycles. The molecule has 0 bridgehead atoms. The SMILES string of the molecule is CCCOCCOCCOCCOCNC(C)C. The van der Waals surface area contributed by atoms with Crippen LogP contribution in [0.1, 0.15) is 27.2 Å². The molecule has 0 aromatic carbocycles. The van der Waals surface area contributed by atoms with E-state index in [2.05, 4.69) is 26.1 Å². The van der Waals surface area contributed by atoms with Gasteiger partial charge in [-0.3, -0.25) is 5.32 Å². The zero-order valence-corrected chi connectivity index (χ0v) is 12.1. The summed E-state index contributed by atoms with van der Waals surface area (Å²) in [6.45, 7) is 11.4. The third-order valence-electron chi connectivity index (χ3n) is 2.06. The van der Waals surface area contributed by atoms with Crippen molar-refractivity contribution in [2.24, 2.45) is 0 Å². The fourth-order valence-corrected chi connectivity index (χ4v) is 1.10. The lowest BCUT2D eigenvalue weighted by molar-refractivity contribution is -0.00431. The van der Waals surface area contributed by atoms with E-state index in [0.29, 0.717) is 52.4 Å². The van der Waals surface area contributed by atoms with Gasteiger partial charge < -0.3 is 18.9 Å². The lowest BCUT2D eigenvalue weighted by Crippen LogP contribution is -2.26. The number of ether oxygens (including phenoxy) is 4. The van der Waals surface area contributed by atoms with Gasteiger partial charge in [-0.1, -0.05) is 6.92 Å². The Bertz CT molecular complexity index is 156. The monoisotopic (exact) mass is 263 g/mol. The molecule has 0 aliphatic heterocycles. The number of rotatable bonds is 14. The molecular weight excluding hydrogens is 234 g/mol. The maximum Gasteiger partial charge on any atom is 0.0968 e. The van der Waals surface area contributed by atoms with Gasteiger partial charge in [0, 0.05) is 12.6 Å². The van der Waals surface area contributed by atoms with Crippen molar-refractivity contribution in [3.8, 4) is 0 Å². The van der Waals surface area contributed by atoms with Crippen molar-refractivity contribution in [3.05, 3.63) is 0 Å². The van der Waals surface area contributed by atoms with E-state index >= 15 is 0 Å². The molecule has 0 fully saturated rings. The molecular formula is C13H29NO4. The highest BCUT2D eigenvalue weighted by Crippen LogP contribution is 1.84. The van der Waals surface area contributed by atoms with Gasteiger partial charge in [0.2, 0.25) is 0 Å². The molecule has 0 aliphatic rings. The Balaban J connectivity index is 2.90. The van der Waals surface area contributed by atoms with Crippen LogP contribution < -0.4 is 5.32 Å². The molecule has 0 amide bonds. The van der Waals surface area contributed by atoms with Crippen molar-refractivity contribution >= 4 is 0 Å². The topological polar surface area (TPSA) is 49.0 Å². The Labute approximate surface area is 111 Å². The highest BCUT2D eigenvalue weighted by Gasteiger charge is 1.93. The smallest absolute Gasteiger partial charge is 0.0968 e. The molecule has 0 heterocycles. The van der Waals surface area contributed by atoms with Crippen LogP contribution in [-0.4, -0.2) is 59.0 Å². The van der Waals surface area contributed by atoms with E-state index in [0.717, 1.165) is 13.0 Å². The summed E-state index contributed by atoms with van der Waals surface area (Å²) >= 11 is 0. The molecule has 0 rings (SSSR count). The number of hydrogen-bond acceptors (Lipinski definition) is 5. The van der Waals surface area contributed by atoms with Gasteiger partial charge >= 0.3 is 0 Å². The van der Waals surface area contributed by atoms with Crippen LogP contribution >= 0.6 is 0 Å². The second kappa shape index (κ2) is 14.9. The second-order valence-electron chi connectivity index (χ2n) is 4.25. The Kier molecular flexibility index (Phi) is 14.7. The van der Waals surface area contributed by atoms with Crippen LogP contribution in [0, 0.1) is 0 Å². The summed E-state index contributed by atoms with van der Waals surface area (Å²) in [4.78, 5) is 0. The Morgan fingerprint density at radius 2 is 1.17 bits per heavy atom. The average molecular weight is 263 g/mol. The molecule has 1 N–H and O–H groups in total. The molecule has 0 atom stereocenters. The van der Waals surface area contributed by atoms with Gasteiger partial charge in [0.1, 0.15) is 0 Å². The van der Waals surface area contributed by atoms with E-state index in [4.69, 9.17) is 18.9 Å². The van der Waals surface area contributed by atoms with Gasteiger partial charge in [0.05, 0.1) is 46.4 Å². The molecule has 0 radical (unpaired) electrons. The Hall–Kier alpha value is -0.200. The third-order valence-corrected chi connectivity index (χ3v) is 2.06. The van der Waals surface area contributed by atoms with Crippen molar-refractivity contribution in [1.82, 2.24) is 5.32 Å². The van der Waals surface area contributed by atoms with E-state index in [1.807, 2.05) is 0 Å². The number of hydrogen-bond donors (Lipinski definition) is 1. The molecule has 0 aliphatic carbocycles. The minimum Gasteiger partial charge on any atom is -0.379 e. The zero-order chi connectivity index (χ0) is 13.5. The molecule has 0 aromatic heterocycles. The van der Waals surface area contributed by atoms with Crippen LogP contribution in [0.5, 0.6) is 0 Å². The molecule has 110 valence electrons. The van der Waals surface area contributed by atoms with Gasteiger partial charge in [0.25, 0.3) is 0 Å². The zero-order valence-electron chi connectivity index (χ0n) is 12.1. The molecule has 0 aromatic rings. The normalized spacial score (nSPS) is 11.3. The van der Waals surface area contributed by atoms with Crippen molar-refractivity contribution < 1.29 is 18.9 Å². The first-order chi connectivity index (χ1) is 8.77. The summed E-state index contributed by atoms with van der Waals surface area (Å²) in [6, 6.07) is 0.453. The summed E-state index contributed by atoms with van der Waals surface area (Å²) in [5, 5.41) is 3.16. The summed E-state index contributed by atoms with van der Waals surface area (Å²) in [6.07, 6.45) is 1.05. The van der Waals surface area contributed by atoms with Crippen molar-refractivity contribution in [2.75, 3.05) is 53.0 Å². The predicted molar refractivity (Wildman–Crippen MR) is 71.8 cm³/mol. The lowest BCUT2D eigenvalue weighted by atomic mass is 10.4. The maximum absolute atomic E-state index is 5.35. The summed E-state index contributed by atoms with van der Waals surface area (Å²) < 4.78 is 21.3. The van der Waals surface area contributed by atoms with E-state index in [-0.39, 0.29) is 0 Å². The molecule has 5 heteroatoms. The van der Waals surface area contributed by atoms with Crippen molar-refractivity contribution in [2.45, 2.75) is 33.2 Å². The van der Waals surface area contributed by atoms with Crippen LogP contribution in [0.4, 0.5) is 0 Å². The molecule has 5 nitrogen and oxygen atoms in total. The van der Waals surface area contributed by atoms with Gasteiger partial charge in [-0.25, -0.2) is 0 Å².